The molecule has 0 aliphatic carbocycles. The lowest BCUT2D eigenvalue weighted by Crippen LogP contribution is -2.38. The normalized spacial score (nSPS) is 10.8. The lowest BCUT2D eigenvalue weighted by atomic mass is 10.1. The van der Waals surface area contributed by atoms with Gasteiger partial charge >= 0.3 is 0 Å². The molecule has 0 radical (unpaired) electrons. The van der Waals surface area contributed by atoms with Gasteiger partial charge in [-0.25, -0.2) is 9.07 Å². The van der Waals surface area contributed by atoms with E-state index in [1.807, 2.05) is 37.3 Å². The fourth-order valence-corrected chi connectivity index (χ4v) is 3.95. The Hall–Kier alpha value is -3.48. The highest BCUT2D eigenvalue weighted by Gasteiger charge is 2.19. The molecule has 3 rings (SSSR count). The van der Waals surface area contributed by atoms with Crippen LogP contribution in [0.1, 0.15) is 58.8 Å². The summed E-state index contributed by atoms with van der Waals surface area (Å²) in [4.78, 5) is 27.4. The number of nitrogens with one attached hydrogen (secondary N) is 1. The van der Waals surface area contributed by atoms with E-state index in [0.717, 1.165) is 37.7 Å². The first kappa shape index (κ1) is 26.1. The smallest absolute Gasteiger partial charge is 0.245 e. The number of benzene rings is 2. The van der Waals surface area contributed by atoms with E-state index in [0.29, 0.717) is 30.2 Å². The first-order valence-corrected chi connectivity index (χ1v) is 12.5. The van der Waals surface area contributed by atoms with Crippen LogP contribution in [0.15, 0.2) is 60.7 Å². The molecule has 3 aromatic rings. The van der Waals surface area contributed by atoms with Crippen LogP contribution in [0.4, 0.5) is 10.2 Å². The Bertz CT molecular complexity index is 1080. The maximum absolute atomic E-state index is 13.5. The molecule has 0 bridgehead atoms. The molecule has 1 aromatic heterocycles. The van der Waals surface area contributed by atoms with Crippen LogP contribution in [0.25, 0.3) is 16.9 Å². The fourth-order valence-electron chi connectivity index (χ4n) is 3.95. The molecule has 35 heavy (non-hydrogen) atoms. The number of carbonyl (C=O) groups excluding carboxylic acids is 2. The van der Waals surface area contributed by atoms with Gasteiger partial charge in [0.05, 0.1) is 17.9 Å². The van der Waals surface area contributed by atoms with E-state index in [-0.39, 0.29) is 24.2 Å². The Labute approximate surface area is 207 Å². The van der Waals surface area contributed by atoms with Gasteiger partial charge in [-0.05, 0) is 37.1 Å². The van der Waals surface area contributed by atoms with Crippen molar-refractivity contribution in [3.8, 4) is 16.9 Å². The van der Waals surface area contributed by atoms with Crippen molar-refractivity contribution in [2.75, 3.05) is 18.4 Å². The minimum atomic E-state index is -0.349. The van der Waals surface area contributed by atoms with E-state index in [1.165, 1.54) is 18.6 Å². The van der Waals surface area contributed by atoms with Gasteiger partial charge in [-0.2, -0.15) is 5.10 Å². The zero-order valence-electron chi connectivity index (χ0n) is 20.7. The van der Waals surface area contributed by atoms with Crippen molar-refractivity contribution < 1.29 is 14.0 Å². The second-order valence-corrected chi connectivity index (χ2v) is 8.70. The summed E-state index contributed by atoms with van der Waals surface area (Å²) in [7, 11) is 0. The van der Waals surface area contributed by atoms with Crippen LogP contribution in [0, 0.1) is 5.82 Å². The molecule has 2 amide bonds. The third kappa shape index (κ3) is 7.77. The number of carbonyl (C=O) groups is 2. The molecule has 0 atom stereocenters. The van der Waals surface area contributed by atoms with E-state index < -0.39 is 0 Å². The lowest BCUT2D eigenvalue weighted by molar-refractivity contribution is -0.134. The van der Waals surface area contributed by atoms with Gasteiger partial charge in [-0.15, -0.1) is 0 Å². The summed E-state index contributed by atoms with van der Waals surface area (Å²) in [6.07, 6.45) is 6.60. The molecule has 0 saturated heterocycles. The van der Waals surface area contributed by atoms with Crippen molar-refractivity contribution in [1.82, 2.24) is 14.7 Å². The van der Waals surface area contributed by atoms with Crippen LogP contribution >= 0.6 is 0 Å². The molecule has 0 fully saturated rings. The summed E-state index contributed by atoms with van der Waals surface area (Å²) < 4.78 is 15.1. The molecule has 0 spiro atoms. The van der Waals surface area contributed by atoms with Gasteiger partial charge in [0.25, 0.3) is 0 Å². The summed E-state index contributed by atoms with van der Waals surface area (Å²) in [5.41, 5.74) is 2.20. The van der Waals surface area contributed by atoms with Gasteiger partial charge in [0.15, 0.2) is 0 Å². The summed E-state index contributed by atoms with van der Waals surface area (Å²) in [5, 5.41) is 7.56. The van der Waals surface area contributed by atoms with Crippen LogP contribution in [0.2, 0.25) is 0 Å². The van der Waals surface area contributed by atoms with Gasteiger partial charge in [-0.1, -0.05) is 69.9 Å². The Kier molecular flexibility index (Phi) is 10.0. The van der Waals surface area contributed by atoms with Gasteiger partial charge in [0.1, 0.15) is 11.6 Å². The maximum atomic E-state index is 13.5. The molecule has 6 nitrogen and oxygen atoms in total. The molecular weight excluding hydrogens is 443 g/mol. The number of rotatable bonds is 13. The molecule has 0 saturated carbocycles. The number of hydrogen-bond donors (Lipinski definition) is 1. The predicted molar refractivity (Wildman–Crippen MR) is 138 cm³/mol. The van der Waals surface area contributed by atoms with Crippen molar-refractivity contribution in [1.29, 1.82) is 0 Å². The van der Waals surface area contributed by atoms with Crippen molar-refractivity contribution >= 4 is 17.6 Å². The predicted octanol–water partition coefficient (Wildman–Crippen LogP) is 6.22. The summed E-state index contributed by atoms with van der Waals surface area (Å²) in [6, 6.07) is 17.3. The highest BCUT2D eigenvalue weighted by molar-refractivity contribution is 5.94. The summed E-state index contributed by atoms with van der Waals surface area (Å²) >= 11 is 0. The standard InChI is InChI=1S/C28H35FN4O2/c1-3-5-6-7-11-14-28(35)32(19-4-2)21-27(34)30-26-20-25(22-12-9-8-10-13-22)31-33(26)24-17-15-23(29)16-18-24/h8-10,12-13,15-18,20H,3-7,11,14,19,21H2,1-2H3,(H,30,34). The summed E-state index contributed by atoms with van der Waals surface area (Å²) in [5.74, 6) is -0.168. The molecule has 0 aliphatic heterocycles. The van der Waals surface area contributed by atoms with Crippen LogP contribution in [0.3, 0.4) is 0 Å². The van der Waals surface area contributed by atoms with Crippen molar-refractivity contribution in [2.45, 2.75) is 58.8 Å². The number of aromatic nitrogens is 2. The van der Waals surface area contributed by atoms with Gasteiger partial charge < -0.3 is 10.2 Å². The molecule has 7 heteroatoms. The molecule has 0 unspecified atom stereocenters. The fraction of sp³-hybridized carbons (Fsp3) is 0.393. The quantitative estimate of drug-likeness (QED) is 0.297. The van der Waals surface area contributed by atoms with Crippen LogP contribution in [0.5, 0.6) is 0 Å². The minimum absolute atomic E-state index is 0.00974. The van der Waals surface area contributed by atoms with Crippen LogP contribution in [-0.4, -0.2) is 39.6 Å². The number of amides is 2. The first-order valence-electron chi connectivity index (χ1n) is 12.5. The molecule has 2 aromatic carbocycles. The first-order chi connectivity index (χ1) is 17.0. The minimum Gasteiger partial charge on any atom is -0.333 e. The number of nitrogens with zero attached hydrogens (tertiary/aromatic N) is 3. The van der Waals surface area contributed by atoms with Crippen LogP contribution in [-0.2, 0) is 9.59 Å². The van der Waals surface area contributed by atoms with Gasteiger partial charge in [0, 0.05) is 24.6 Å². The Balaban J connectivity index is 1.74. The monoisotopic (exact) mass is 478 g/mol. The highest BCUT2D eigenvalue weighted by Crippen LogP contribution is 2.25. The van der Waals surface area contributed by atoms with Crippen molar-refractivity contribution in [3.63, 3.8) is 0 Å². The van der Waals surface area contributed by atoms with Gasteiger partial charge in [0.2, 0.25) is 11.8 Å². The largest absolute Gasteiger partial charge is 0.333 e. The number of unbranched alkanes of at least 4 members (excludes halogenated alkanes) is 4. The zero-order chi connectivity index (χ0) is 25.0. The second kappa shape index (κ2) is 13.4. The topological polar surface area (TPSA) is 67.2 Å². The van der Waals surface area contributed by atoms with E-state index >= 15 is 0 Å². The third-order valence-electron chi connectivity index (χ3n) is 5.79. The maximum Gasteiger partial charge on any atom is 0.245 e. The molecular formula is C28H35FN4O2. The lowest BCUT2D eigenvalue weighted by Gasteiger charge is -2.21. The highest BCUT2D eigenvalue weighted by atomic mass is 19.1. The number of anilines is 1. The van der Waals surface area contributed by atoms with Crippen molar-refractivity contribution in [2.24, 2.45) is 0 Å². The van der Waals surface area contributed by atoms with E-state index in [2.05, 4.69) is 17.3 Å². The average Bonchev–Trinajstić information content (AvgIpc) is 3.28. The van der Waals surface area contributed by atoms with E-state index in [4.69, 9.17) is 0 Å². The number of hydrogen-bond acceptors (Lipinski definition) is 3. The second-order valence-electron chi connectivity index (χ2n) is 8.70. The molecule has 1 N–H and O–H groups in total. The zero-order valence-corrected chi connectivity index (χ0v) is 20.7. The summed E-state index contributed by atoms with van der Waals surface area (Å²) in [6.45, 7) is 4.68. The Morgan fingerprint density at radius 2 is 1.66 bits per heavy atom. The van der Waals surface area contributed by atoms with Gasteiger partial charge in [-0.3, -0.25) is 9.59 Å². The average molecular weight is 479 g/mol. The third-order valence-corrected chi connectivity index (χ3v) is 5.79. The molecule has 186 valence electrons. The van der Waals surface area contributed by atoms with E-state index in [9.17, 15) is 14.0 Å². The molecule has 0 aliphatic rings. The van der Waals surface area contributed by atoms with Crippen LogP contribution < -0.4 is 5.32 Å². The van der Waals surface area contributed by atoms with E-state index in [1.54, 1.807) is 27.8 Å². The number of halogens is 1. The SMILES string of the molecule is CCCCCCCC(=O)N(CCC)CC(=O)Nc1cc(-c2ccccc2)nn1-c1ccc(F)cc1. The Morgan fingerprint density at radius 1 is 0.943 bits per heavy atom. The Morgan fingerprint density at radius 3 is 2.34 bits per heavy atom. The van der Waals surface area contributed by atoms with Crippen molar-refractivity contribution in [3.05, 3.63) is 66.5 Å². The molecule has 1 heterocycles.